The van der Waals surface area contributed by atoms with Crippen molar-refractivity contribution in [2.75, 3.05) is 0 Å². The first-order chi connectivity index (χ1) is 12.0. The van der Waals surface area contributed by atoms with E-state index in [2.05, 4.69) is 0 Å². The third kappa shape index (κ3) is 2.75. The molecule has 0 N–H and O–H groups in total. The van der Waals surface area contributed by atoms with E-state index in [0.29, 0.717) is 15.7 Å². The average molecular weight is 394 g/mol. The Balaban J connectivity index is 1.81. The van der Waals surface area contributed by atoms with Gasteiger partial charge in [-0.1, -0.05) is 42.3 Å². The molecule has 1 heterocycles. The number of benzene rings is 1. The highest BCUT2D eigenvalue weighted by atomic mass is 35.5. The van der Waals surface area contributed by atoms with E-state index in [0.717, 1.165) is 41.1 Å². The fourth-order valence-corrected chi connectivity index (χ4v) is 5.52. The van der Waals surface area contributed by atoms with E-state index in [4.69, 9.17) is 28.2 Å². The van der Waals surface area contributed by atoms with Crippen LogP contribution in [0.2, 0.25) is 10.0 Å². The fourth-order valence-electron chi connectivity index (χ4n) is 4.01. The van der Waals surface area contributed by atoms with Crippen molar-refractivity contribution in [1.29, 1.82) is 0 Å². The molecule has 4 rings (SSSR count). The molecule has 0 spiro atoms. The second kappa shape index (κ2) is 6.49. The van der Waals surface area contributed by atoms with Crippen LogP contribution in [0.4, 0.5) is 0 Å². The summed E-state index contributed by atoms with van der Waals surface area (Å²) >= 11 is 14.0. The molecule has 1 aromatic heterocycles. The van der Waals surface area contributed by atoms with E-state index in [1.54, 1.807) is 6.07 Å². The van der Waals surface area contributed by atoms with Crippen molar-refractivity contribution in [3.63, 3.8) is 0 Å². The van der Waals surface area contributed by atoms with Crippen LogP contribution in [-0.4, -0.2) is 16.6 Å². The van der Waals surface area contributed by atoms with Gasteiger partial charge in [-0.2, -0.15) is 0 Å². The largest absolute Gasteiger partial charge is 0.298 e. The maximum atomic E-state index is 12.8. The highest BCUT2D eigenvalue weighted by Gasteiger charge is 2.48. The van der Waals surface area contributed by atoms with Gasteiger partial charge in [0.05, 0.1) is 15.7 Å². The van der Waals surface area contributed by atoms with Crippen LogP contribution < -0.4 is 0 Å². The number of halogens is 2. The Hall–Kier alpha value is -1.23. The van der Waals surface area contributed by atoms with E-state index >= 15 is 0 Å². The number of nitrogens with zero attached hydrogens (tertiary/aromatic N) is 1. The van der Waals surface area contributed by atoms with Crippen LogP contribution in [0.15, 0.2) is 18.2 Å². The van der Waals surface area contributed by atoms with Crippen molar-refractivity contribution < 1.29 is 9.59 Å². The minimum absolute atomic E-state index is 0.0253. The number of aryl methyl sites for hydroxylation is 1. The number of Topliss-reactive ketones (excluding diaryl/α,β-unsaturated/α-hetero) is 2. The molecule has 0 amide bonds. The summed E-state index contributed by atoms with van der Waals surface area (Å²) in [5.74, 6) is -0.524. The van der Waals surface area contributed by atoms with Gasteiger partial charge >= 0.3 is 0 Å². The van der Waals surface area contributed by atoms with Crippen molar-refractivity contribution in [3.05, 3.63) is 38.8 Å². The molecule has 2 atom stereocenters. The molecule has 6 heteroatoms. The van der Waals surface area contributed by atoms with Crippen LogP contribution in [0.5, 0.6) is 0 Å². The summed E-state index contributed by atoms with van der Waals surface area (Å²) in [6, 6.07) is 5.42. The van der Waals surface area contributed by atoms with E-state index in [9.17, 15) is 9.59 Å². The first-order valence-corrected chi connectivity index (χ1v) is 10.1. The van der Waals surface area contributed by atoms with Gasteiger partial charge in [-0.15, -0.1) is 11.3 Å². The first kappa shape index (κ1) is 17.2. The lowest BCUT2D eigenvalue weighted by atomic mass is 9.77. The van der Waals surface area contributed by atoms with Gasteiger partial charge in [-0.3, -0.25) is 9.59 Å². The Morgan fingerprint density at radius 3 is 2.48 bits per heavy atom. The second-order valence-electron chi connectivity index (χ2n) is 6.73. The molecule has 2 aliphatic carbocycles. The van der Waals surface area contributed by atoms with Crippen LogP contribution in [0, 0.1) is 11.8 Å². The molecule has 130 valence electrons. The minimum atomic E-state index is -0.691. The Kier molecular flexibility index (Phi) is 4.47. The minimum Gasteiger partial charge on any atom is -0.298 e. The van der Waals surface area contributed by atoms with Gasteiger partial charge in [-0.25, -0.2) is 4.98 Å². The van der Waals surface area contributed by atoms with E-state index < -0.39 is 5.92 Å². The molecule has 0 aliphatic heterocycles. The van der Waals surface area contributed by atoms with Crippen molar-refractivity contribution in [1.82, 2.24) is 4.98 Å². The number of hydrogen-bond acceptors (Lipinski definition) is 4. The van der Waals surface area contributed by atoms with E-state index in [1.807, 2.05) is 19.1 Å². The van der Waals surface area contributed by atoms with Crippen molar-refractivity contribution >= 4 is 46.1 Å². The third-order valence-corrected chi connectivity index (χ3v) is 7.38. The molecule has 0 unspecified atom stereocenters. The maximum Gasteiger partial charge on any atom is 0.152 e. The quantitative estimate of drug-likeness (QED) is 0.661. The van der Waals surface area contributed by atoms with Gasteiger partial charge in [0.2, 0.25) is 0 Å². The molecular formula is C19H17Cl2NO2S. The molecule has 0 radical (unpaired) electrons. The first-order valence-electron chi connectivity index (χ1n) is 8.52. The van der Waals surface area contributed by atoms with Gasteiger partial charge in [0.15, 0.2) is 11.6 Å². The lowest BCUT2D eigenvalue weighted by Gasteiger charge is -2.24. The molecule has 2 fully saturated rings. The number of rotatable bonds is 3. The number of thiazole rings is 1. The number of ketones is 2. The molecule has 2 aromatic rings. The lowest BCUT2D eigenvalue weighted by molar-refractivity contribution is -0.136. The average Bonchev–Trinajstić information content (AvgIpc) is 3.22. The topological polar surface area (TPSA) is 47.0 Å². The monoisotopic (exact) mass is 393 g/mol. The summed E-state index contributed by atoms with van der Waals surface area (Å²) in [7, 11) is 0. The van der Waals surface area contributed by atoms with Crippen LogP contribution >= 0.6 is 34.5 Å². The number of fused-ring (bicyclic) bond motifs is 2. The van der Waals surface area contributed by atoms with Crippen LogP contribution in [0.3, 0.4) is 0 Å². The normalized spacial score (nSPS) is 25.6. The molecule has 1 aromatic carbocycles. The standard InChI is InChI=1S/C19H17Cl2NO2S/c1-2-13-16(14-17(23)9-6-7-10(8-9)18(14)24)22-19(25-13)11-4-3-5-12(20)15(11)21/h3-5,9-10,14H,2,6-8H2,1H3/t9-,10-/m1/s1. The van der Waals surface area contributed by atoms with Crippen LogP contribution in [0.1, 0.15) is 42.7 Å². The molecule has 2 saturated carbocycles. The highest BCUT2D eigenvalue weighted by Crippen LogP contribution is 2.46. The van der Waals surface area contributed by atoms with Crippen LogP contribution in [0.25, 0.3) is 10.6 Å². The summed E-state index contributed by atoms with van der Waals surface area (Å²) in [5, 5.41) is 1.64. The number of hydrogen-bond donors (Lipinski definition) is 0. The molecule has 25 heavy (non-hydrogen) atoms. The Labute approximate surface area is 160 Å². The predicted molar refractivity (Wildman–Crippen MR) is 101 cm³/mol. The summed E-state index contributed by atoms with van der Waals surface area (Å²) in [5.41, 5.74) is 1.39. The smallest absolute Gasteiger partial charge is 0.152 e. The Morgan fingerprint density at radius 1 is 1.16 bits per heavy atom. The van der Waals surface area contributed by atoms with Crippen LogP contribution in [-0.2, 0) is 16.0 Å². The SMILES string of the molecule is CCc1sc(-c2cccc(Cl)c2Cl)nc1C1C(=O)[C@@H]2CC[C@H](C2)C1=O. The van der Waals surface area contributed by atoms with Gasteiger partial charge in [-0.05, 0) is 31.7 Å². The number of carbonyl (C=O) groups excluding carboxylic acids is 2. The maximum absolute atomic E-state index is 12.8. The van der Waals surface area contributed by atoms with Gasteiger partial charge in [0.1, 0.15) is 10.9 Å². The number of aromatic nitrogens is 1. The Morgan fingerprint density at radius 2 is 1.84 bits per heavy atom. The molecule has 2 bridgehead atoms. The highest BCUT2D eigenvalue weighted by molar-refractivity contribution is 7.15. The van der Waals surface area contributed by atoms with Gasteiger partial charge < -0.3 is 0 Å². The zero-order valence-electron chi connectivity index (χ0n) is 13.7. The zero-order chi connectivity index (χ0) is 17.7. The molecule has 3 nitrogen and oxygen atoms in total. The van der Waals surface area contributed by atoms with E-state index in [1.165, 1.54) is 11.3 Å². The summed E-state index contributed by atoms with van der Waals surface area (Å²) in [6.45, 7) is 2.02. The van der Waals surface area contributed by atoms with Crippen molar-refractivity contribution in [2.24, 2.45) is 11.8 Å². The van der Waals surface area contributed by atoms with Gasteiger partial charge in [0, 0.05) is 22.3 Å². The molecule has 2 aliphatic rings. The fraction of sp³-hybridized carbons (Fsp3) is 0.421. The predicted octanol–water partition coefficient (Wildman–Crippen LogP) is 5.33. The van der Waals surface area contributed by atoms with E-state index in [-0.39, 0.29) is 23.4 Å². The Bertz CT molecular complexity index is 854. The zero-order valence-corrected chi connectivity index (χ0v) is 16.0. The summed E-state index contributed by atoms with van der Waals surface area (Å²) in [6.07, 6.45) is 3.14. The summed E-state index contributed by atoms with van der Waals surface area (Å²) < 4.78 is 0. The van der Waals surface area contributed by atoms with Crippen molar-refractivity contribution in [2.45, 2.75) is 38.5 Å². The lowest BCUT2D eigenvalue weighted by Crippen LogP contribution is -2.35. The number of carbonyl (C=O) groups is 2. The molecule has 0 saturated heterocycles. The summed E-state index contributed by atoms with van der Waals surface area (Å²) in [4.78, 5) is 31.3. The molecular weight excluding hydrogens is 377 g/mol. The second-order valence-corrected chi connectivity index (χ2v) is 8.60. The van der Waals surface area contributed by atoms with Gasteiger partial charge in [0.25, 0.3) is 0 Å². The third-order valence-electron chi connectivity index (χ3n) is 5.31. The van der Waals surface area contributed by atoms with Crippen molar-refractivity contribution in [3.8, 4) is 10.6 Å².